The second-order valence-electron chi connectivity index (χ2n) is 4.62. The Labute approximate surface area is 120 Å². The molecule has 0 aromatic carbocycles. The minimum Gasteiger partial charge on any atom is -0.462 e. The topological polar surface area (TPSA) is 51.2 Å². The summed E-state index contributed by atoms with van der Waals surface area (Å²) >= 11 is 5.76. The van der Waals surface area contributed by atoms with Crippen LogP contribution in [0.2, 0.25) is 5.15 Å². The zero-order valence-electron chi connectivity index (χ0n) is 11.0. The van der Waals surface area contributed by atoms with Gasteiger partial charge in [0.1, 0.15) is 10.7 Å². The summed E-state index contributed by atoms with van der Waals surface area (Å²) in [6.45, 7) is 1.86. The largest absolute Gasteiger partial charge is 0.462 e. The number of nitrogens with one attached hydrogen (secondary N) is 1. The maximum Gasteiger partial charge on any atom is 0.341 e. The minimum absolute atomic E-state index is 0.110. The molecule has 4 nitrogen and oxygen atoms in total. The summed E-state index contributed by atoms with van der Waals surface area (Å²) in [5.74, 6) is -3.40. The van der Waals surface area contributed by atoms with Crippen LogP contribution in [0.4, 0.5) is 14.5 Å². The molecule has 2 rings (SSSR count). The molecule has 1 atom stereocenters. The molecule has 1 aliphatic rings. The van der Waals surface area contributed by atoms with Gasteiger partial charge in [-0.3, -0.25) is 0 Å². The molecule has 0 aliphatic heterocycles. The fourth-order valence-electron chi connectivity index (χ4n) is 2.21. The molecule has 1 N–H and O–H groups in total. The van der Waals surface area contributed by atoms with Gasteiger partial charge < -0.3 is 10.1 Å². The highest BCUT2D eigenvalue weighted by atomic mass is 35.5. The van der Waals surface area contributed by atoms with Crippen molar-refractivity contribution in [1.29, 1.82) is 0 Å². The van der Waals surface area contributed by atoms with Crippen LogP contribution in [0, 0.1) is 0 Å². The maximum absolute atomic E-state index is 13.6. The van der Waals surface area contributed by atoms with E-state index in [2.05, 4.69) is 10.3 Å². The number of esters is 1. The molecule has 1 saturated carbocycles. The summed E-state index contributed by atoms with van der Waals surface area (Å²) in [5.41, 5.74) is 0.342. The van der Waals surface area contributed by atoms with Gasteiger partial charge in [-0.05, 0) is 25.8 Å². The van der Waals surface area contributed by atoms with Crippen LogP contribution < -0.4 is 5.32 Å². The number of rotatable bonds is 4. The summed E-state index contributed by atoms with van der Waals surface area (Å²) in [7, 11) is 0. The standard InChI is InChI=1S/C13H15ClF2N2O2/c1-2-20-12(19)8-7-17-11(14)6-9(8)18-10-4-3-5-13(10,15)16/h6-7,10H,2-5H2,1H3,(H,17,18)/t10-/m1/s1. The van der Waals surface area contributed by atoms with Gasteiger partial charge in [-0.2, -0.15) is 0 Å². The number of hydrogen-bond acceptors (Lipinski definition) is 4. The third kappa shape index (κ3) is 3.17. The lowest BCUT2D eigenvalue weighted by molar-refractivity contribution is -0.000677. The molecule has 20 heavy (non-hydrogen) atoms. The number of alkyl halides is 2. The Morgan fingerprint density at radius 2 is 2.40 bits per heavy atom. The quantitative estimate of drug-likeness (QED) is 0.683. The number of ether oxygens (including phenoxy) is 1. The van der Waals surface area contributed by atoms with Crippen molar-refractivity contribution >= 4 is 23.3 Å². The predicted molar refractivity (Wildman–Crippen MR) is 71.4 cm³/mol. The van der Waals surface area contributed by atoms with Crippen molar-refractivity contribution < 1.29 is 18.3 Å². The van der Waals surface area contributed by atoms with E-state index in [9.17, 15) is 13.6 Å². The zero-order valence-corrected chi connectivity index (χ0v) is 11.7. The molecule has 0 bridgehead atoms. The minimum atomic E-state index is -2.79. The summed E-state index contributed by atoms with van der Waals surface area (Å²) < 4.78 is 32.2. The van der Waals surface area contributed by atoms with Crippen LogP contribution in [-0.4, -0.2) is 29.5 Å². The van der Waals surface area contributed by atoms with Crippen LogP contribution in [0.5, 0.6) is 0 Å². The van der Waals surface area contributed by atoms with Crippen molar-refractivity contribution in [3.63, 3.8) is 0 Å². The number of pyridine rings is 1. The zero-order chi connectivity index (χ0) is 14.8. The van der Waals surface area contributed by atoms with Crippen LogP contribution in [0.3, 0.4) is 0 Å². The molecule has 7 heteroatoms. The fraction of sp³-hybridized carbons (Fsp3) is 0.538. The Morgan fingerprint density at radius 3 is 3.00 bits per heavy atom. The third-order valence-electron chi connectivity index (χ3n) is 3.21. The molecule has 0 amide bonds. The molecule has 0 spiro atoms. The van der Waals surface area contributed by atoms with Gasteiger partial charge in [-0.1, -0.05) is 11.6 Å². The molecule has 1 fully saturated rings. The molecular formula is C13H15ClF2N2O2. The van der Waals surface area contributed by atoms with Crippen molar-refractivity contribution in [3.05, 3.63) is 23.0 Å². The Morgan fingerprint density at radius 1 is 1.65 bits per heavy atom. The molecule has 1 heterocycles. The smallest absolute Gasteiger partial charge is 0.341 e. The van der Waals surface area contributed by atoms with Gasteiger partial charge >= 0.3 is 5.97 Å². The highest BCUT2D eigenvalue weighted by molar-refractivity contribution is 6.29. The second-order valence-corrected chi connectivity index (χ2v) is 5.01. The Bertz CT molecular complexity index is 511. The highest BCUT2D eigenvalue weighted by Gasteiger charge is 2.44. The second kappa shape index (κ2) is 5.91. The summed E-state index contributed by atoms with van der Waals surface area (Å²) in [6, 6.07) is 0.358. The van der Waals surface area contributed by atoms with Crippen molar-refractivity contribution in [2.75, 3.05) is 11.9 Å². The molecule has 1 aliphatic carbocycles. The lowest BCUT2D eigenvalue weighted by Crippen LogP contribution is -2.34. The van der Waals surface area contributed by atoms with Crippen LogP contribution in [-0.2, 0) is 4.74 Å². The van der Waals surface area contributed by atoms with E-state index in [0.717, 1.165) is 0 Å². The summed E-state index contributed by atoms with van der Waals surface area (Å²) in [5, 5.41) is 2.83. The lowest BCUT2D eigenvalue weighted by Gasteiger charge is -2.22. The highest BCUT2D eigenvalue weighted by Crippen LogP contribution is 2.37. The Hall–Kier alpha value is -1.43. The fourth-order valence-corrected chi connectivity index (χ4v) is 2.37. The first kappa shape index (κ1) is 15.0. The van der Waals surface area contributed by atoms with E-state index < -0.39 is 17.9 Å². The van der Waals surface area contributed by atoms with Crippen molar-refractivity contribution in [2.24, 2.45) is 0 Å². The van der Waals surface area contributed by atoms with Crippen molar-refractivity contribution in [3.8, 4) is 0 Å². The number of anilines is 1. The van der Waals surface area contributed by atoms with Crippen LogP contribution in [0.1, 0.15) is 36.5 Å². The van der Waals surface area contributed by atoms with Gasteiger partial charge in [0.15, 0.2) is 0 Å². The van der Waals surface area contributed by atoms with Gasteiger partial charge in [-0.15, -0.1) is 0 Å². The average Bonchev–Trinajstić information content (AvgIpc) is 2.69. The van der Waals surface area contributed by atoms with Crippen LogP contribution in [0.15, 0.2) is 12.3 Å². The Kier molecular flexibility index (Phi) is 4.42. The summed E-state index contributed by atoms with van der Waals surface area (Å²) in [4.78, 5) is 15.6. The first-order chi connectivity index (χ1) is 9.44. The maximum atomic E-state index is 13.6. The predicted octanol–water partition coefficient (Wildman–Crippen LogP) is 3.51. The number of nitrogens with zero attached hydrogens (tertiary/aromatic N) is 1. The molecule has 1 aromatic rings. The number of hydrogen-bond donors (Lipinski definition) is 1. The van der Waals surface area contributed by atoms with E-state index in [0.29, 0.717) is 12.8 Å². The lowest BCUT2D eigenvalue weighted by atomic mass is 10.1. The van der Waals surface area contributed by atoms with Crippen LogP contribution >= 0.6 is 11.6 Å². The number of carbonyl (C=O) groups excluding carboxylic acids is 1. The van der Waals surface area contributed by atoms with Crippen molar-refractivity contribution in [2.45, 2.75) is 38.2 Å². The number of aromatic nitrogens is 1. The Balaban J connectivity index is 2.25. The molecule has 0 unspecified atom stereocenters. The van der Waals surface area contributed by atoms with E-state index in [1.54, 1.807) is 6.92 Å². The number of halogens is 3. The SMILES string of the molecule is CCOC(=O)c1cnc(Cl)cc1N[C@@H]1CCCC1(F)F. The normalized spacial score (nSPS) is 20.7. The van der Waals surface area contributed by atoms with Crippen LogP contribution in [0.25, 0.3) is 0 Å². The average molecular weight is 305 g/mol. The molecular weight excluding hydrogens is 290 g/mol. The van der Waals surface area contributed by atoms with Gasteiger partial charge in [-0.25, -0.2) is 18.6 Å². The van der Waals surface area contributed by atoms with E-state index >= 15 is 0 Å². The van der Waals surface area contributed by atoms with Gasteiger partial charge in [0.25, 0.3) is 5.92 Å². The van der Waals surface area contributed by atoms with Gasteiger partial charge in [0, 0.05) is 12.6 Å². The van der Waals surface area contributed by atoms with Crippen molar-refractivity contribution in [1.82, 2.24) is 4.98 Å². The van der Waals surface area contributed by atoms with E-state index in [1.165, 1.54) is 12.3 Å². The van der Waals surface area contributed by atoms with E-state index in [1.807, 2.05) is 0 Å². The first-order valence-electron chi connectivity index (χ1n) is 6.41. The molecule has 110 valence electrons. The van der Waals surface area contributed by atoms with E-state index in [-0.39, 0.29) is 29.4 Å². The monoisotopic (exact) mass is 304 g/mol. The molecule has 0 saturated heterocycles. The molecule has 0 radical (unpaired) electrons. The van der Waals surface area contributed by atoms with Gasteiger partial charge in [0.05, 0.1) is 18.3 Å². The molecule has 1 aromatic heterocycles. The number of carbonyl (C=O) groups is 1. The third-order valence-corrected chi connectivity index (χ3v) is 3.42. The van der Waals surface area contributed by atoms with E-state index in [4.69, 9.17) is 16.3 Å². The van der Waals surface area contributed by atoms with Gasteiger partial charge in [0.2, 0.25) is 0 Å². The first-order valence-corrected chi connectivity index (χ1v) is 6.79. The summed E-state index contributed by atoms with van der Waals surface area (Å²) in [6.07, 6.45) is 1.86.